The quantitative estimate of drug-likeness (QED) is 0.240. The van der Waals surface area contributed by atoms with Crippen molar-refractivity contribution in [2.24, 2.45) is 5.16 Å². The fourth-order valence-corrected chi connectivity index (χ4v) is 2.22. The molecule has 0 aliphatic rings. The van der Waals surface area contributed by atoms with Gasteiger partial charge >= 0.3 is 5.97 Å². The van der Waals surface area contributed by atoms with Crippen LogP contribution < -0.4 is 4.74 Å². The van der Waals surface area contributed by atoms with Crippen LogP contribution in [-0.4, -0.2) is 30.1 Å². The van der Waals surface area contributed by atoms with E-state index in [2.05, 4.69) is 38.1 Å². The van der Waals surface area contributed by atoms with Crippen molar-refractivity contribution in [2.45, 2.75) is 58.8 Å². The highest BCUT2D eigenvalue weighted by Gasteiger charge is 2.13. The number of rotatable bonds is 9. The molecule has 0 unspecified atom stereocenters. The van der Waals surface area contributed by atoms with Gasteiger partial charge in [0, 0.05) is 6.42 Å². The number of esters is 1. The first kappa shape index (κ1) is 20.0. The van der Waals surface area contributed by atoms with Crippen molar-refractivity contribution in [3.63, 3.8) is 0 Å². The van der Waals surface area contributed by atoms with Crippen LogP contribution in [0.1, 0.15) is 58.9 Å². The van der Waals surface area contributed by atoms with Gasteiger partial charge in [-0.25, -0.2) is 4.79 Å². The van der Waals surface area contributed by atoms with Gasteiger partial charge in [-0.3, -0.25) is 0 Å². The third-order valence-corrected chi connectivity index (χ3v) is 3.68. The lowest BCUT2D eigenvalue weighted by atomic mass is 9.87. The molecular formula is C19H29NO4. The maximum absolute atomic E-state index is 11.4. The smallest absolute Gasteiger partial charge is 0.356 e. The zero-order valence-electron chi connectivity index (χ0n) is 15.2. The predicted octanol–water partition coefficient (Wildman–Crippen LogP) is 4.32. The predicted molar refractivity (Wildman–Crippen MR) is 95.0 cm³/mol. The van der Waals surface area contributed by atoms with E-state index in [4.69, 9.17) is 14.7 Å². The zero-order valence-corrected chi connectivity index (χ0v) is 15.2. The highest BCUT2D eigenvalue weighted by Crippen LogP contribution is 2.24. The third-order valence-electron chi connectivity index (χ3n) is 3.68. The van der Waals surface area contributed by atoms with E-state index < -0.39 is 5.97 Å². The molecule has 0 aliphatic heterocycles. The van der Waals surface area contributed by atoms with Gasteiger partial charge in [-0.15, -0.1) is 0 Å². The Hall–Kier alpha value is -2.04. The molecule has 0 spiro atoms. The number of carbonyl (C=O) groups is 1. The summed E-state index contributed by atoms with van der Waals surface area (Å²) in [5.41, 5.74) is 1.50. The normalized spacial score (nSPS) is 12.1. The Kier molecular flexibility index (Phi) is 8.30. The van der Waals surface area contributed by atoms with Gasteiger partial charge in [0.25, 0.3) is 0 Å². The van der Waals surface area contributed by atoms with Gasteiger partial charge in [0.1, 0.15) is 5.75 Å². The summed E-state index contributed by atoms with van der Waals surface area (Å²) in [5.74, 6) is 0.322. The van der Waals surface area contributed by atoms with Crippen molar-refractivity contribution < 1.29 is 19.5 Å². The van der Waals surface area contributed by atoms with Gasteiger partial charge in [0.15, 0.2) is 5.71 Å². The number of nitrogens with zero attached hydrogens (tertiary/aromatic N) is 1. The summed E-state index contributed by atoms with van der Waals surface area (Å²) < 4.78 is 10.5. The first-order chi connectivity index (χ1) is 11.4. The van der Waals surface area contributed by atoms with Crippen LogP contribution in [0.25, 0.3) is 0 Å². The second kappa shape index (κ2) is 9.96. The van der Waals surface area contributed by atoms with Gasteiger partial charge in [0.05, 0.1) is 13.2 Å². The molecule has 0 radical (unpaired) electrons. The fraction of sp³-hybridized carbons (Fsp3) is 0.579. The number of ether oxygens (including phenoxy) is 2. The molecule has 0 saturated heterocycles. The Morgan fingerprint density at radius 1 is 1.12 bits per heavy atom. The molecule has 0 atom stereocenters. The van der Waals surface area contributed by atoms with E-state index in [1.165, 1.54) is 5.56 Å². The average Bonchev–Trinajstić information content (AvgIpc) is 2.54. The van der Waals surface area contributed by atoms with Crippen LogP contribution >= 0.6 is 0 Å². The number of oxime groups is 1. The van der Waals surface area contributed by atoms with Crippen LogP contribution in [0.4, 0.5) is 0 Å². The minimum absolute atomic E-state index is 0.0792. The van der Waals surface area contributed by atoms with Crippen LogP contribution in [0.5, 0.6) is 5.75 Å². The summed E-state index contributed by atoms with van der Waals surface area (Å²) in [4.78, 5) is 11.4. The van der Waals surface area contributed by atoms with Crippen molar-refractivity contribution in [3.05, 3.63) is 29.8 Å². The Labute approximate surface area is 144 Å². The molecule has 134 valence electrons. The SMILES string of the molecule is CCOC(=O)C(CCCCCOc1ccc(C(C)(C)C)cc1)=NO. The molecule has 0 heterocycles. The molecule has 1 N–H and O–H groups in total. The Balaban J connectivity index is 2.23. The summed E-state index contributed by atoms with van der Waals surface area (Å²) in [7, 11) is 0. The molecule has 0 fully saturated rings. The fourth-order valence-electron chi connectivity index (χ4n) is 2.22. The first-order valence-electron chi connectivity index (χ1n) is 8.50. The molecular weight excluding hydrogens is 306 g/mol. The summed E-state index contributed by atoms with van der Waals surface area (Å²) in [6.45, 7) is 9.17. The van der Waals surface area contributed by atoms with Crippen LogP contribution in [-0.2, 0) is 14.9 Å². The lowest BCUT2D eigenvalue weighted by molar-refractivity contribution is -0.135. The summed E-state index contributed by atoms with van der Waals surface area (Å²) in [6.07, 6.45) is 2.93. The maximum atomic E-state index is 11.4. The molecule has 0 amide bonds. The van der Waals surface area contributed by atoms with E-state index in [-0.39, 0.29) is 17.7 Å². The second-order valence-electron chi connectivity index (χ2n) is 6.70. The molecule has 1 aromatic rings. The number of benzene rings is 1. The molecule has 0 aliphatic carbocycles. The van der Waals surface area contributed by atoms with Gasteiger partial charge in [-0.2, -0.15) is 0 Å². The van der Waals surface area contributed by atoms with Crippen LogP contribution in [0, 0.1) is 0 Å². The number of unbranched alkanes of at least 4 members (excludes halogenated alkanes) is 2. The minimum Gasteiger partial charge on any atom is -0.494 e. The second-order valence-corrected chi connectivity index (χ2v) is 6.70. The lowest BCUT2D eigenvalue weighted by Crippen LogP contribution is -2.17. The molecule has 5 heteroatoms. The van der Waals surface area contributed by atoms with Gasteiger partial charge in [-0.05, 0) is 49.3 Å². The first-order valence-corrected chi connectivity index (χ1v) is 8.50. The van der Waals surface area contributed by atoms with E-state index in [1.54, 1.807) is 6.92 Å². The number of hydrogen-bond donors (Lipinski definition) is 1. The zero-order chi connectivity index (χ0) is 18.0. The molecule has 1 rings (SSSR count). The summed E-state index contributed by atoms with van der Waals surface area (Å²) in [6, 6.07) is 8.19. The Morgan fingerprint density at radius 3 is 2.33 bits per heavy atom. The highest BCUT2D eigenvalue weighted by atomic mass is 16.5. The monoisotopic (exact) mass is 335 g/mol. The standard InChI is InChI=1S/C19H29NO4/c1-5-23-18(21)17(20-22)9-7-6-8-14-24-16-12-10-15(11-13-16)19(2,3)4/h10-13,22H,5-9,14H2,1-4H3. The Bertz CT molecular complexity index is 529. The minimum atomic E-state index is -0.546. The van der Waals surface area contributed by atoms with E-state index >= 15 is 0 Å². The van der Waals surface area contributed by atoms with Crippen LogP contribution in [0.2, 0.25) is 0 Å². The number of hydrogen-bond acceptors (Lipinski definition) is 5. The summed E-state index contributed by atoms with van der Waals surface area (Å²) >= 11 is 0. The molecule has 5 nitrogen and oxygen atoms in total. The summed E-state index contributed by atoms with van der Waals surface area (Å²) in [5, 5.41) is 11.8. The lowest BCUT2D eigenvalue weighted by Gasteiger charge is -2.19. The third kappa shape index (κ3) is 7.02. The van der Waals surface area contributed by atoms with Gasteiger partial charge in [-0.1, -0.05) is 38.1 Å². The van der Waals surface area contributed by atoms with E-state index in [0.717, 1.165) is 25.0 Å². The van der Waals surface area contributed by atoms with Crippen molar-refractivity contribution in [3.8, 4) is 5.75 Å². The highest BCUT2D eigenvalue weighted by molar-refractivity contribution is 6.36. The topological polar surface area (TPSA) is 68.1 Å². The molecule has 0 saturated carbocycles. The average molecular weight is 335 g/mol. The van der Waals surface area contributed by atoms with Crippen LogP contribution in [0.15, 0.2) is 29.4 Å². The Morgan fingerprint density at radius 2 is 1.79 bits per heavy atom. The molecule has 1 aromatic carbocycles. The molecule has 0 aromatic heterocycles. The number of carbonyl (C=O) groups excluding carboxylic acids is 1. The van der Waals surface area contributed by atoms with Crippen molar-refractivity contribution in [2.75, 3.05) is 13.2 Å². The van der Waals surface area contributed by atoms with E-state index in [1.807, 2.05) is 12.1 Å². The van der Waals surface area contributed by atoms with Crippen molar-refractivity contribution in [1.29, 1.82) is 0 Å². The van der Waals surface area contributed by atoms with Gasteiger partial charge < -0.3 is 14.7 Å². The van der Waals surface area contributed by atoms with Crippen molar-refractivity contribution >= 4 is 11.7 Å². The molecule has 0 bridgehead atoms. The van der Waals surface area contributed by atoms with E-state index in [9.17, 15) is 4.79 Å². The van der Waals surface area contributed by atoms with Crippen molar-refractivity contribution in [1.82, 2.24) is 0 Å². The largest absolute Gasteiger partial charge is 0.494 e. The van der Waals surface area contributed by atoms with Gasteiger partial charge in [0.2, 0.25) is 0 Å². The van der Waals surface area contributed by atoms with E-state index in [0.29, 0.717) is 13.0 Å². The molecule has 24 heavy (non-hydrogen) atoms. The van der Waals surface area contributed by atoms with Crippen LogP contribution in [0.3, 0.4) is 0 Å². The maximum Gasteiger partial charge on any atom is 0.356 e.